The molecule has 2 heterocycles. The third-order valence-corrected chi connectivity index (χ3v) is 5.07. The van der Waals surface area contributed by atoms with Crippen molar-refractivity contribution in [3.63, 3.8) is 0 Å². The van der Waals surface area contributed by atoms with Crippen molar-refractivity contribution in [2.45, 2.75) is 13.5 Å². The lowest BCUT2D eigenvalue weighted by Gasteiger charge is -2.36. The normalized spacial score (nSPS) is 14.4. The minimum absolute atomic E-state index is 0. The number of amides is 1. The number of halogens is 2. The summed E-state index contributed by atoms with van der Waals surface area (Å²) < 4.78 is 11.7. The summed E-state index contributed by atoms with van der Waals surface area (Å²) in [5, 5.41) is 3.35. The first-order valence-electron chi connectivity index (χ1n) is 9.30. The van der Waals surface area contributed by atoms with Crippen LogP contribution in [0, 0.1) is 0 Å². The van der Waals surface area contributed by atoms with Crippen LogP contribution in [-0.2, 0) is 6.54 Å². The first-order chi connectivity index (χ1) is 13.6. The number of rotatable bonds is 5. The Morgan fingerprint density at radius 2 is 1.97 bits per heavy atom. The van der Waals surface area contributed by atoms with E-state index in [1.54, 1.807) is 19.2 Å². The Kier molecular flexibility index (Phi) is 9.28. The minimum Gasteiger partial charge on any atom is -0.496 e. The largest absolute Gasteiger partial charge is 0.496 e. The molecule has 0 unspecified atom stereocenters. The summed E-state index contributed by atoms with van der Waals surface area (Å²) in [6, 6.07) is 9.33. The molecule has 2 aromatic rings. The highest BCUT2D eigenvalue weighted by Gasteiger charge is 2.25. The molecule has 0 aliphatic carbocycles. The molecule has 9 heteroatoms. The van der Waals surface area contributed by atoms with Crippen molar-refractivity contribution in [1.82, 2.24) is 15.1 Å². The number of aliphatic imine (C=N–C) groups is 1. The fourth-order valence-corrected chi connectivity index (χ4v) is 3.54. The SMILES string of the molecule is CCNC(=NCc1cc(Br)ccc1OC)N1CCN(C(=O)c2ccco2)CC1.I. The van der Waals surface area contributed by atoms with Crippen LogP contribution in [0.15, 0.2) is 50.5 Å². The first kappa shape index (κ1) is 23.5. The molecule has 0 radical (unpaired) electrons. The van der Waals surface area contributed by atoms with Crippen LogP contribution in [0.4, 0.5) is 0 Å². The van der Waals surface area contributed by atoms with E-state index >= 15 is 0 Å². The van der Waals surface area contributed by atoms with Crippen molar-refractivity contribution in [3.05, 3.63) is 52.4 Å². The van der Waals surface area contributed by atoms with Crippen molar-refractivity contribution in [3.8, 4) is 5.75 Å². The number of methoxy groups -OCH3 is 1. The molecule has 0 atom stereocenters. The van der Waals surface area contributed by atoms with Crippen LogP contribution < -0.4 is 10.1 Å². The number of furan rings is 1. The van der Waals surface area contributed by atoms with Gasteiger partial charge in [-0.1, -0.05) is 15.9 Å². The summed E-state index contributed by atoms with van der Waals surface area (Å²) in [5.41, 5.74) is 1.01. The second-order valence-corrected chi connectivity index (χ2v) is 7.30. The number of benzene rings is 1. The monoisotopic (exact) mass is 576 g/mol. The van der Waals surface area contributed by atoms with Gasteiger partial charge in [0.05, 0.1) is 19.9 Å². The predicted molar refractivity (Wildman–Crippen MR) is 127 cm³/mol. The molecule has 158 valence electrons. The molecule has 29 heavy (non-hydrogen) atoms. The second-order valence-electron chi connectivity index (χ2n) is 6.38. The smallest absolute Gasteiger partial charge is 0.289 e. The molecule has 1 aliphatic rings. The maximum absolute atomic E-state index is 12.4. The number of hydrogen-bond acceptors (Lipinski definition) is 4. The van der Waals surface area contributed by atoms with Gasteiger partial charge in [0.1, 0.15) is 5.75 Å². The molecular formula is C20H26BrIN4O3. The molecule has 0 saturated carbocycles. The Morgan fingerprint density at radius 3 is 2.59 bits per heavy atom. The van der Waals surface area contributed by atoms with E-state index in [2.05, 4.69) is 26.1 Å². The maximum Gasteiger partial charge on any atom is 0.289 e. The number of piperazine rings is 1. The summed E-state index contributed by atoms with van der Waals surface area (Å²) in [4.78, 5) is 21.2. The summed E-state index contributed by atoms with van der Waals surface area (Å²) in [6.45, 7) is 6.03. The van der Waals surface area contributed by atoms with Gasteiger partial charge in [0.25, 0.3) is 5.91 Å². The fourth-order valence-electron chi connectivity index (χ4n) is 3.13. The molecule has 1 saturated heterocycles. The molecule has 7 nitrogen and oxygen atoms in total. The standard InChI is InChI=1S/C20H25BrN4O3.HI/c1-3-22-20(23-14-15-13-16(21)6-7-17(15)27-2)25-10-8-24(9-11-25)19(26)18-5-4-12-28-18;/h4-7,12-13H,3,8-11,14H2,1-2H3,(H,22,23);1H. The van der Waals surface area contributed by atoms with Crippen LogP contribution in [-0.4, -0.2) is 61.5 Å². The number of carbonyl (C=O) groups is 1. The molecule has 1 amide bonds. The number of hydrogen-bond donors (Lipinski definition) is 1. The fraction of sp³-hybridized carbons (Fsp3) is 0.400. The number of nitrogens with one attached hydrogen (secondary N) is 1. The van der Waals surface area contributed by atoms with Gasteiger partial charge in [-0.3, -0.25) is 4.79 Å². The topological polar surface area (TPSA) is 70.3 Å². The Balaban J connectivity index is 0.00000300. The van der Waals surface area contributed by atoms with Gasteiger partial charge in [-0.05, 0) is 37.3 Å². The Labute approximate surface area is 196 Å². The van der Waals surface area contributed by atoms with Crippen LogP contribution in [0.2, 0.25) is 0 Å². The highest BCUT2D eigenvalue weighted by atomic mass is 127. The third-order valence-electron chi connectivity index (χ3n) is 4.57. The predicted octanol–water partition coefficient (Wildman–Crippen LogP) is 3.59. The van der Waals surface area contributed by atoms with Gasteiger partial charge in [0.15, 0.2) is 11.7 Å². The zero-order valence-corrected chi connectivity index (χ0v) is 20.5. The minimum atomic E-state index is -0.0644. The van der Waals surface area contributed by atoms with Gasteiger partial charge in [0, 0.05) is 42.8 Å². The maximum atomic E-state index is 12.4. The van der Waals surface area contributed by atoms with E-state index in [1.165, 1.54) is 6.26 Å². The van der Waals surface area contributed by atoms with Gasteiger partial charge in [-0.15, -0.1) is 24.0 Å². The van der Waals surface area contributed by atoms with Crippen molar-refractivity contribution in [1.29, 1.82) is 0 Å². The summed E-state index contributed by atoms with van der Waals surface area (Å²) in [7, 11) is 1.66. The Morgan fingerprint density at radius 1 is 1.24 bits per heavy atom. The van der Waals surface area contributed by atoms with Gasteiger partial charge in [0.2, 0.25) is 0 Å². The van der Waals surface area contributed by atoms with E-state index in [9.17, 15) is 4.79 Å². The summed E-state index contributed by atoms with van der Waals surface area (Å²) in [6.07, 6.45) is 1.52. The van der Waals surface area contributed by atoms with E-state index in [0.717, 1.165) is 28.3 Å². The van der Waals surface area contributed by atoms with Crippen LogP contribution in [0.25, 0.3) is 0 Å². The van der Waals surface area contributed by atoms with Crippen LogP contribution in [0.1, 0.15) is 23.0 Å². The van der Waals surface area contributed by atoms with Crippen LogP contribution >= 0.6 is 39.9 Å². The van der Waals surface area contributed by atoms with E-state index < -0.39 is 0 Å². The number of ether oxygens (including phenoxy) is 1. The van der Waals surface area contributed by atoms with Crippen molar-refractivity contribution in [2.75, 3.05) is 39.8 Å². The van der Waals surface area contributed by atoms with Crippen molar-refractivity contribution < 1.29 is 13.9 Å². The summed E-state index contributed by atoms with van der Waals surface area (Å²) in [5.74, 6) is 1.98. The third kappa shape index (κ3) is 6.11. The lowest BCUT2D eigenvalue weighted by molar-refractivity contribution is 0.0657. The van der Waals surface area contributed by atoms with Crippen molar-refractivity contribution in [2.24, 2.45) is 4.99 Å². The quantitative estimate of drug-likeness (QED) is 0.335. The Hall–Kier alpha value is -1.75. The lowest BCUT2D eigenvalue weighted by Crippen LogP contribution is -2.53. The van der Waals surface area contributed by atoms with E-state index in [0.29, 0.717) is 38.5 Å². The second kappa shape index (κ2) is 11.4. The van der Waals surface area contributed by atoms with E-state index in [-0.39, 0.29) is 29.9 Å². The lowest BCUT2D eigenvalue weighted by atomic mass is 10.2. The molecule has 1 fully saturated rings. The zero-order chi connectivity index (χ0) is 19.9. The zero-order valence-electron chi connectivity index (χ0n) is 16.6. The first-order valence-corrected chi connectivity index (χ1v) is 10.1. The highest BCUT2D eigenvalue weighted by Crippen LogP contribution is 2.23. The summed E-state index contributed by atoms with van der Waals surface area (Å²) >= 11 is 3.50. The number of carbonyl (C=O) groups excluding carboxylic acids is 1. The average Bonchev–Trinajstić information content (AvgIpc) is 3.26. The number of guanidine groups is 1. The van der Waals surface area contributed by atoms with Crippen LogP contribution in [0.3, 0.4) is 0 Å². The molecule has 1 aromatic heterocycles. The van der Waals surface area contributed by atoms with E-state index in [1.807, 2.05) is 30.0 Å². The molecular weight excluding hydrogens is 551 g/mol. The Bertz CT molecular complexity index is 821. The van der Waals surface area contributed by atoms with E-state index in [4.69, 9.17) is 14.1 Å². The van der Waals surface area contributed by atoms with Crippen molar-refractivity contribution >= 4 is 51.8 Å². The van der Waals surface area contributed by atoms with Crippen LogP contribution in [0.5, 0.6) is 5.75 Å². The van der Waals surface area contributed by atoms with Gasteiger partial charge >= 0.3 is 0 Å². The molecule has 0 bridgehead atoms. The molecule has 1 N–H and O–H groups in total. The molecule has 0 spiro atoms. The average molecular weight is 577 g/mol. The van der Waals surface area contributed by atoms with Gasteiger partial charge in [-0.25, -0.2) is 4.99 Å². The number of nitrogens with zero attached hydrogens (tertiary/aromatic N) is 3. The van der Waals surface area contributed by atoms with Gasteiger partial charge < -0.3 is 24.3 Å². The molecule has 1 aromatic carbocycles. The van der Waals surface area contributed by atoms with Gasteiger partial charge in [-0.2, -0.15) is 0 Å². The molecule has 1 aliphatic heterocycles. The highest BCUT2D eigenvalue weighted by molar-refractivity contribution is 14.0. The molecule has 3 rings (SSSR count).